The summed E-state index contributed by atoms with van der Waals surface area (Å²) < 4.78 is 10.3. The molecule has 1 rings (SSSR count). The van der Waals surface area contributed by atoms with Gasteiger partial charge in [0.25, 0.3) is 5.79 Å². The van der Waals surface area contributed by atoms with Crippen LogP contribution in [0.5, 0.6) is 0 Å². The fourth-order valence-electron chi connectivity index (χ4n) is 1.53. The number of hydrogen-bond donors (Lipinski definition) is 0. The zero-order valence-corrected chi connectivity index (χ0v) is 9.44. The molecule has 0 N–H and O–H groups in total. The van der Waals surface area contributed by atoms with Gasteiger partial charge in [-0.3, -0.25) is 4.79 Å². The molecule has 14 heavy (non-hydrogen) atoms. The maximum atomic E-state index is 11.8. The molecular formula is C10H13ClO3. The molecule has 0 saturated carbocycles. The first kappa shape index (κ1) is 11.4. The lowest BCUT2D eigenvalue weighted by molar-refractivity contribution is -0.186. The zero-order valence-electron chi connectivity index (χ0n) is 8.68. The van der Waals surface area contributed by atoms with Gasteiger partial charge in [0, 0.05) is 14.2 Å². The first-order valence-electron chi connectivity index (χ1n) is 4.20. The van der Waals surface area contributed by atoms with Gasteiger partial charge in [-0.15, -0.1) is 0 Å². The maximum absolute atomic E-state index is 11.8. The summed E-state index contributed by atoms with van der Waals surface area (Å²) >= 11 is 5.79. The standard InChI is InChI=1S/C10H13ClO3/c1-6-5-8(11)9(12)10(13-3,14-4)7(6)2/h5H,1-4H3. The van der Waals surface area contributed by atoms with Crippen LogP contribution < -0.4 is 0 Å². The minimum atomic E-state index is -1.34. The van der Waals surface area contributed by atoms with Gasteiger partial charge in [-0.1, -0.05) is 11.6 Å². The molecule has 0 aromatic rings. The summed E-state index contributed by atoms with van der Waals surface area (Å²) in [6.07, 6.45) is 1.62. The number of Topliss-reactive ketones (excluding diaryl/α,β-unsaturated/α-hetero) is 1. The van der Waals surface area contributed by atoms with Gasteiger partial charge in [-0.25, -0.2) is 0 Å². The summed E-state index contributed by atoms with van der Waals surface area (Å²) in [5.74, 6) is -1.69. The Kier molecular flexibility index (Phi) is 3.14. The number of carbonyl (C=O) groups excluding carboxylic acids is 1. The molecule has 0 fully saturated rings. The van der Waals surface area contributed by atoms with Crippen LogP contribution in [0.15, 0.2) is 22.3 Å². The van der Waals surface area contributed by atoms with Crippen molar-refractivity contribution in [3.05, 3.63) is 22.3 Å². The molecule has 4 heteroatoms. The maximum Gasteiger partial charge on any atom is 0.257 e. The molecule has 1 aliphatic rings. The fraction of sp³-hybridized carbons (Fsp3) is 0.500. The van der Waals surface area contributed by atoms with Crippen molar-refractivity contribution in [1.82, 2.24) is 0 Å². The number of ether oxygens (including phenoxy) is 2. The number of allylic oxidation sites excluding steroid dienone is 2. The second-order valence-electron chi connectivity index (χ2n) is 3.15. The summed E-state index contributed by atoms with van der Waals surface area (Å²) in [5, 5.41) is 0.136. The molecule has 0 bridgehead atoms. The number of ketones is 1. The highest BCUT2D eigenvalue weighted by atomic mass is 35.5. The lowest BCUT2D eigenvalue weighted by Gasteiger charge is -2.33. The van der Waals surface area contributed by atoms with Crippen molar-refractivity contribution in [2.45, 2.75) is 19.6 Å². The van der Waals surface area contributed by atoms with Crippen LogP contribution in [0.2, 0.25) is 0 Å². The van der Waals surface area contributed by atoms with Crippen LogP contribution in [-0.4, -0.2) is 25.8 Å². The lowest BCUT2D eigenvalue weighted by atomic mass is 9.92. The predicted molar refractivity (Wildman–Crippen MR) is 54.1 cm³/mol. The molecule has 0 heterocycles. The molecule has 0 radical (unpaired) electrons. The van der Waals surface area contributed by atoms with Gasteiger partial charge in [0.1, 0.15) is 0 Å². The van der Waals surface area contributed by atoms with E-state index in [4.69, 9.17) is 21.1 Å². The van der Waals surface area contributed by atoms with Crippen molar-refractivity contribution < 1.29 is 14.3 Å². The zero-order chi connectivity index (χ0) is 10.9. The van der Waals surface area contributed by atoms with Crippen LogP contribution in [0.1, 0.15) is 13.8 Å². The molecule has 78 valence electrons. The van der Waals surface area contributed by atoms with Crippen molar-refractivity contribution >= 4 is 17.4 Å². The van der Waals surface area contributed by atoms with Crippen molar-refractivity contribution in [3.63, 3.8) is 0 Å². The summed E-state index contributed by atoms with van der Waals surface area (Å²) in [6, 6.07) is 0. The Morgan fingerprint density at radius 2 is 1.79 bits per heavy atom. The van der Waals surface area contributed by atoms with E-state index in [-0.39, 0.29) is 10.8 Å². The van der Waals surface area contributed by atoms with Crippen molar-refractivity contribution in [2.75, 3.05) is 14.2 Å². The second kappa shape index (κ2) is 3.85. The molecule has 0 aliphatic heterocycles. The minimum absolute atomic E-state index is 0.136. The molecular weight excluding hydrogens is 204 g/mol. The molecule has 0 atom stereocenters. The normalized spacial score (nSPS) is 21.2. The lowest BCUT2D eigenvalue weighted by Crippen LogP contribution is -2.46. The van der Waals surface area contributed by atoms with E-state index >= 15 is 0 Å². The van der Waals surface area contributed by atoms with Gasteiger partial charge in [-0.2, -0.15) is 0 Å². The average Bonchev–Trinajstić information content (AvgIpc) is 2.18. The van der Waals surface area contributed by atoms with E-state index in [0.29, 0.717) is 0 Å². The van der Waals surface area contributed by atoms with Gasteiger partial charge >= 0.3 is 0 Å². The molecule has 1 aliphatic carbocycles. The Morgan fingerprint density at radius 1 is 1.29 bits per heavy atom. The quantitative estimate of drug-likeness (QED) is 0.663. The van der Waals surface area contributed by atoms with Crippen LogP contribution in [0.25, 0.3) is 0 Å². The van der Waals surface area contributed by atoms with E-state index in [1.807, 2.05) is 6.92 Å². The van der Waals surface area contributed by atoms with Gasteiger partial charge in [0.15, 0.2) is 0 Å². The third-order valence-electron chi connectivity index (χ3n) is 2.52. The Hall–Kier alpha value is -0.640. The molecule has 0 spiro atoms. The first-order chi connectivity index (χ1) is 6.49. The van der Waals surface area contributed by atoms with Crippen molar-refractivity contribution in [2.24, 2.45) is 0 Å². The fourth-order valence-corrected chi connectivity index (χ4v) is 1.81. The van der Waals surface area contributed by atoms with Crippen molar-refractivity contribution in [1.29, 1.82) is 0 Å². The smallest absolute Gasteiger partial charge is 0.257 e. The predicted octanol–water partition coefficient (Wildman–Crippen LogP) is 2.02. The third-order valence-corrected chi connectivity index (χ3v) is 2.80. The number of carbonyl (C=O) groups is 1. The van der Waals surface area contributed by atoms with Crippen LogP contribution in [0.3, 0.4) is 0 Å². The van der Waals surface area contributed by atoms with E-state index in [0.717, 1.165) is 11.1 Å². The minimum Gasteiger partial charge on any atom is -0.343 e. The van der Waals surface area contributed by atoms with Crippen LogP contribution in [-0.2, 0) is 14.3 Å². The topological polar surface area (TPSA) is 35.5 Å². The summed E-state index contributed by atoms with van der Waals surface area (Å²) in [7, 11) is 2.85. The third kappa shape index (κ3) is 1.41. The summed E-state index contributed by atoms with van der Waals surface area (Å²) in [4.78, 5) is 11.8. The number of methoxy groups -OCH3 is 2. The summed E-state index contributed by atoms with van der Waals surface area (Å²) in [6.45, 7) is 3.65. The van der Waals surface area contributed by atoms with Crippen LogP contribution >= 0.6 is 11.6 Å². The average molecular weight is 217 g/mol. The highest BCUT2D eigenvalue weighted by Gasteiger charge is 2.45. The summed E-state index contributed by atoms with van der Waals surface area (Å²) in [5.41, 5.74) is 1.62. The molecule has 3 nitrogen and oxygen atoms in total. The van der Waals surface area contributed by atoms with E-state index in [9.17, 15) is 4.79 Å². The number of halogens is 1. The monoisotopic (exact) mass is 216 g/mol. The number of rotatable bonds is 2. The largest absolute Gasteiger partial charge is 0.343 e. The van der Waals surface area contributed by atoms with Gasteiger partial charge in [-0.05, 0) is 31.1 Å². The molecule has 0 amide bonds. The second-order valence-corrected chi connectivity index (χ2v) is 3.56. The number of hydrogen-bond acceptors (Lipinski definition) is 3. The highest BCUT2D eigenvalue weighted by molar-refractivity contribution is 6.44. The van der Waals surface area contributed by atoms with E-state index in [1.165, 1.54) is 14.2 Å². The Morgan fingerprint density at radius 3 is 2.21 bits per heavy atom. The SMILES string of the molecule is COC1(OC)C(=O)C(Cl)=CC(C)=C1C. The van der Waals surface area contributed by atoms with Gasteiger partial charge < -0.3 is 9.47 Å². The Balaban J connectivity index is 3.32. The molecule has 0 aromatic carbocycles. The highest BCUT2D eigenvalue weighted by Crippen LogP contribution is 2.34. The van der Waals surface area contributed by atoms with Crippen LogP contribution in [0.4, 0.5) is 0 Å². The van der Waals surface area contributed by atoms with E-state index in [2.05, 4.69) is 0 Å². The van der Waals surface area contributed by atoms with Gasteiger partial charge in [0.2, 0.25) is 5.78 Å². The first-order valence-corrected chi connectivity index (χ1v) is 4.57. The van der Waals surface area contributed by atoms with Gasteiger partial charge in [0.05, 0.1) is 5.03 Å². The molecule has 0 aromatic heterocycles. The molecule has 0 unspecified atom stereocenters. The Labute approximate surface area is 88.3 Å². The molecule has 0 saturated heterocycles. The Bertz CT molecular complexity index is 324. The van der Waals surface area contributed by atoms with Crippen LogP contribution in [0, 0.1) is 0 Å². The van der Waals surface area contributed by atoms with E-state index < -0.39 is 5.79 Å². The van der Waals surface area contributed by atoms with E-state index in [1.54, 1.807) is 13.0 Å². The van der Waals surface area contributed by atoms with Crippen molar-refractivity contribution in [3.8, 4) is 0 Å².